The quantitative estimate of drug-likeness (QED) is 0.364. The summed E-state index contributed by atoms with van der Waals surface area (Å²) in [6.45, 7) is 2.79. The maximum absolute atomic E-state index is 13.5. The lowest BCUT2D eigenvalue weighted by Gasteiger charge is -2.11. The molecule has 4 aromatic rings. The van der Waals surface area contributed by atoms with Gasteiger partial charge in [0.15, 0.2) is 0 Å². The van der Waals surface area contributed by atoms with Crippen LogP contribution in [0, 0.1) is 18.6 Å². The molecule has 0 bridgehead atoms. The molecule has 164 valence electrons. The third-order valence-electron chi connectivity index (χ3n) is 5.39. The van der Waals surface area contributed by atoms with Crippen LogP contribution < -0.4 is 5.32 Å². The molecule has 0 unspecified atom stereocenters. The van der Waals surface area contributed by atoms with Crippen molar-refractivity contribution in [1.82, 2.24) is 9.88 Å². The average Bonchev–Trinajstić information content (AvgIpc) is 3.03. The molecule has 1 aromatic heterocycles. The van der Waals surface area contributed by atoms with Gasteiger partial charge in [-0.25, -0.2) is 13.6 Å². The number of nitrogens with one attached hydrogen (secondary N) is 1. The molecule has 2 N–H and O–H groups in total. The van der Waals surface area contributed by atoms with E-state index in [1.165, 1.54) is 24.3 Å². The molecule has 4 nitrogen and oxygen atoms in total. The number of carboxylic acid groups (broad SMARTS) is 1. The maximum atomic E-state index is 13.5. The summed E-state index contributed by atoms with van der Waals surface area (Å²) in [5, 5.41) is 14.3. The molecule has 0 atom stereocenters. The minimum atomic E-state index is -1.07. The second-order valence-electron chi connectivity index (χ2n) is 7.71. The second kappa shape index (κ2) is 9.10. The van der Waals surface area contributed by atoms with Crippen molar-refractivity contribution in [3.8, 4) is 0 Å². The van der Waals surface area contributed by atoms with Crippen molar-refractivity contribution in [2.24, 2.45) is 0 Å². The number of aromatic carboxylic acids is 1. The van der Waals surface area contributed by atoms with Gasteiger partial charge in [0.1, 0.15) is 17.3 Å². The first-order chi connectivity index (χ1) is 15.3. The predicted molar refractivity (Wildman–Crippen MR) is 121 cm³/mol. The van der Waals surface area contributed by atoms with Crippen LogP contribution in [0.3, 0.4) is 0 Å². The highest BCUT2D eigenvalue weighted by Crippen LogP contribution is 2.30. The van der Waals surface area contributed by atoms with Crippen LogP contribution in [0.2, 0.25) is 5.02 Å². The van der Waals surface area contributed by atoms with Crippen molar-refractivity contribution >= 4 is 28.5 Å². The second-order valence-corrected chi connectivity index (χ2v) is 8.12. The van der Waals surface area contributed by atoms with E-state index < -0.39 is 11.8 Å². The maximum Gasteiger partial charge on any atom is 0.352 e. The Hall–Kier alpha value is -3.22. The summed E-state index contributed by atoms with van der Waals surface area (Å²) in [5.41, 5.74) is 3.88. The smallest absolute Gasteiger partial charge is 0.352 e. The van der Waals surface area contributed by atoms with Crippen LogP contribution in [0.1, 0.15) is 32.7 Å². The van der Waals surface area contributed by atoms with Crippen molar-refractivity contribution in [3.05, 3.63) is 105 Å². The van der Waals surface area contributed by atoms with Gasteiger partial charge < -0.3 is 15.0 Å². The van der Waals surface area contributed by atoms with Crippen molar-refractivity contribution in [1.29, 1.82) is 0 Å². The molecule has 0 saturated carbocycles. The molecule has 0 radical (unpaired) electrons. The average molecular weight is 455 g/mol. The van der Waals surface area contributed by atoms with Gasteiger partial charge in [-0.15, -0.1) is 0 Å². The Balaban J connectivity index is 1.74. The van der Waals surface area contributed by atoms with Gasteiger partial charge >= 0.3 is 5.97 Å². The Bertz CT molecular complexity index is 1320. The van der Waals surface area contributed by atoms with Crippen LogP contribution >= 0.6 is 11.6 Å². The standard InChI is InChI=1S/C25H21ClF2N2O2/c1-15-5-8-20-21(13-29-12-16-3-2-4-18(27)10-16)24(25(31)32)30(23(20)9-15)14-17-6-7-19(28)11-22(17)26/h2-11,29H,12-14H2,1H3,(H,31,32). The van der Waals surface area contributed by atoms with E-state index in [0.29, 0.717) is 17.7 Å². The van der Waals surface area contributed by atoms with Gasteiger partial charge in [0.2, 0.25) is 0 Å². The third kappa shape index (κ3) is 4.52. The van der Waals surface area contributed by atoms with Gasteiger partial charge in [0.25, 0.3) is 0 Å². The lowest BCUT2D eigenvalue weighted by atomic mass is 10.1. The van der Waals surface area contributed by atoms with E-state index in [-0.39, 0.29) is 29.6 Å². The Labute approximate surface area is 189 Å². The van der Waals surface area contributed by atoms with Crippen LogP contribution in [-0.4, -0.2) is 15.6 Å². The number of nitrogens with zero attached hydrogens (tertiary/aromatic N) is 1. The predicted octanol–water partition coefficient (Wildman–Crippen LogP) is 5.92. The van der Waals surface area contributed by atoms with Crippen LogP contribution in [0.25, 0.3) is 10.9 Å². The third-order valence-corrected chi connectivity index (χ3v) is 5.74. The summed E-state index contributed by atoms with van der Waals surface area (Å²) in [5.74, 6) is -1.84. The van der Waals surface area contributed by atoms with Crippen molar-refractivity contribution in [2.75, 3.05) is 0 Å². The highest BCUT2D eigenvalue weighted by atomic mass is 35.5. The van der Waals surface area contributed by atoms with Crippen LogP contribution in [0.4, 0.5) is 8.78 Å². The van der Waals surface area contributed by atoms with Crippen molar-refractivity contribution in [3.63, 3.8) is 0 Å². The zero-order valence-electron chi connectivity index (χ0n) is 17.3. The lowest BCUT2D eigenvalue weighted by molar-refractivity contribution is 0.0684. The molecule has 0 spiro atoms. The number of carbonyl (C=O) groups is 1. The van der Waals surface area contributed by atoms with Crippen molar-refractivity contribution in [2.45, 2.75) is 26.6 Å². The highest BCUT2D eigenvalue weighted by molar-refractivity contribution is 6.31. The lowest BCUT2D eigenvalue weighted by Crippen LogP contribution is -2.17. The minimum Gasteiger partial charge on any atom is -0.477 e. The fourth-order valence-electron chi connectivity index (χ4n) is 3.92. The van der Waals surface area contributed by atoms with E-state index in [9.17, 15) is 18.7 Å². The summed E-state index contributed by atoms with van der Waals surface area (Å²) in [6.07, 6.45) is 0. The van der Waals surface area contributed by atoms with E-state index in [1.807, 2.05) is 25.1 Å². The fourth-order valence-corrected chi connectivity index (χ4v) is 4.14. The zero-order valence-corrected chi connectivity index (χ0v) is 18.1. The molecular weight excluding hydrogens is 434 g/mol. The molecule has 32 heavy (non-hydrogen) atoms. The zero-order chi connectivity index (χ0) is 22.8. The Kier molecular flexibility index (Phi) is 6.26. The number of hydrogen-bond donors (Lipinski definition) is 2. The molecule has 0 aliphatic carbocycles. The summed E-state index contributed by atoms with van der Waals surface area (Å²) < 4.78 is 28.6. The Morgan fingerprint density at radius 3 is 2.53 bits per heavy atom. The molecule has 1 heterocycles. The number of carboxylic acids is 1. The first-order valence-electron chi connectivity index (χ1n) is 10.1. The number of aromatic nitrogens is 1. The van der Waals surface area contributed by atoms with Gasteiger partial charge in [-0.1, -0.05) is 41.9 Å². The normalized spacial score (nSPS) is 11.2. The molecule has 0 aliphatic rings. The number of halogens is 3. The van der Waals surface area contributed by atoms with E-state index in [2.05, 4.69) is 5.32 Å². The number of aryl methyl sites for hydroxylation is 1. The van der Waals surface area contributed by atoms with E-state index >= 15 is 0 Å². The van der Waals surface area contributed by atoms with Gasteiger partial charge in [-0.2, -0.15) is 0 Å². The monoisotopic (exact) mass is 454 g/mol. The largest absolute Gasteiger partial charge is 0.477 e. The SMILES string of the molecule is Cc1ccc2c(CNCc3cccc(F)c3)c(C(=O)O)n(Cc3ccc(F)cc3Cl)c2c1. The molecular formula is C25H21ClF2N2O2. The Morgan fingerprint density at radius 2 is 1.81 bits per heavy atom. The molecule has 0 aliphatic heterocycles. The van der Waals surface area contributed by atoms with Gasteiger partial charge in [0.05, 0.1) is 0 Å². The van der Waals surface area contributed by atoms with Gasteiger partial charge in [-0.3, -0.25) is 0 Å². The van der Waals surface area contributed by atoms with E-state index in [4.69, 9.17) is 11.6 Å². The van der Waals surface area contributed by atoms with Gasteiger partial charge in [-0.05, 0) is 53.9 Å². The summed E-state index contributed by atoms with van der Waals surface area (Å²) >= 11 is 6.22. The number of fused-ring (bicyclic) bond motifs is 1. The van der Waals surface area contributed by atoms with Crippen molar-refractivity contribution < 1.29 is 18.7 Å². The summed E-state index contributed by atoms with van der Waals surface area (Å²) in [7, 11) is 0. The molecule has 3 aromatic carbocycles. The van der Waals surface area contributed by atoms with Crippen LogP contribution in [0.5, 0.6) is 0 Å². The number of hydrogen-bond acceptors (Lipinski definition) is 2. The van der Waals surface area contributed by atoms with E-state index in [0.717, 1.165) is 22.0 Å². The fraction of sp³-hybridized carbons (Fsp3) is 0.160. The van der Waals surface area contributed by atoms with Crippen LogP contribution in [0.15, 0.2) is 60.7 Å². The highest BCUT2D eigenvalue weighted by Gasteiger charge is 2.23. The first kappa shape index (κ1) is 22.0. The minimum absolute atomic E-state index is 0.137. The molecule has 4 rings (SSSR count). The Morgan fingerprint density at radius 1 is 1.03 bits per heavy atom. The number of benzene rings is 3. The molecule has 0 fully saturated rings. The molecule has 7 heteroatoms. The molecule has 0 saturated heterocycles. The first-order valence-corrected chi connectivity index (χ1v) is 10.5. The topological polar surface area (TPSA) is 54.3 Å². The van der Waals surface area contributed by atoms with Gasteiger partial charge in [0, 0.05) is 41.1 Å². The number of rotatable bonds is 7. The van der Waals surface area contributed by atoms with Crippen LogP contribution in [-0.2, 0) is 19.6 Å². The summed E-state index contributed by atoms with van der Waals surface area (Å²) in [6, 6.07) is 16.1. The molecule has 0 amide bonds. The summed E-state index contributed by atoms with van der Waals surface area (Å²) in [4.78, 5) is 12.3. The van der Waals surface area contributed by atoms with E-state index in [1.54, 1.807) is 22.8 Å².